The Kier molecular flexibility index (Phi) is 4.96. The van der Waals surface area contributed by atoms with Crippen LogP contribution >= 0.6 is 46.4 Å². The second kappa shape index (κ2) is 6.31. The van der Waals surface area contributed by atoms with Crippen molar-refractivity contribution in [3.63, 3.8) is 0 Å². The summed E-state index contributed by atoms with van der Waals surface area (Å²) in [6.07, 6.45) is 0. The van der Waals surface area contributed by atoms with Gasteiger partial charge < -0.3 is 0 Å². The number of hydrazine groups is 1. The molecule has 0 aliphatic heterocycles. The minimum absolute atomic E-state index is 0.391. The van der Waals surface area contributed by atoms with Crippen molar-refractivity contribution in [3.8, 4) is 0 Å². The van der Waals surface area contributed by atoms with Crippen LogP contribution in [0.4, 0.5) is 0 Å². The van der Waals surface area contributed by atoms with Crippen LogP contribution in [0.15, 0.2) is 36.4 Å². The SMILES string of the molecule is NNC(c1cc(Cl)ccc1Cl)c1cc(Cl)ccc1Cl. The van der Waals surface area contributed by atoms with E-state index in [9.17, 15) is 0 Å². The number of benzene rings is 2. The van der Waals surface area contributed by atoms with Crippen LogP contribution in [0.5, 0.6) is 0 Å². The van der Waals surface area contributed by atoms with Crippen molar-refractivity contribution in [2.75, 3.05) is 0 Å². The zero-order valence-corrected chi connectivity index (χ0v) is 12.7. The normalized spacial score (nSPS) is 11.1. The van der Waals surface area contributed by atoms with Gasteiger partial charge in [0.1, 0.15) is 0 Å². The maximum atomic E-state index is 6.18. The molecule has 0 atom stereocenters. The van der Waals surface area contributed by atoms with E-state index in [0.29, 0.717) is 20.1 Å². The molecule has 0 aromatic heterocycles. The van der Waals surface area contributed by atoms with Crippen molar-refractivity contribution < 1.29 is 0 Å². The summed E-state index contributed by atoms with van der Waals surface area (Å²) in [7, 11) is 0. The summed E-state index contributed by atoms with van der Waals surface area (Å²) in [4.78, 5) is 0. The average molecular weight is 336 g/mol. The molecule has 2 nitrogen and oxygen atoms in total. The molecule has 2 aromatic carbocycles. The van der Waals surface area contributed by atoms with Crippen molar-refractivity contribution in [3.05, 3.63) is 67.6 Å². The highest BCUT2D eigenvalue weighted by Gasteiger charge is 2.19. The summed E-state index contributed by atoms with van der Waals surface area (Å²) in [5, 5.41) is 2.22. The first-order valence-electron chi connectivity index (χ1n) is 5.39. The summed E-state index contributed by atoms with van der Waals surface area (Å²) >= 11 is 24.3. The summed E-state index contributed by atoms with van der Waals surface area (Å²) in [6.45, 7) is 0. The van der Waals surface area contributed by atoms with Crippen LogP contribution in [0.3, 0.4) is 0 Å². The van der Waals surface area contributed by atoms with E-state index in [1.54, 1.807) is 36.4 Å². The van der Waals surface area contributed by atoms with Crippen LogP contribution in [0.25, 0.3) is 0 Å². The third-order valence-corrected chi connectivity index (χ3v) is 3.86. The summed E-state index contributed by atoms with van der Waals surface area (Å²) < 4.78 is 0. The van der Waals surface area contributed by atoms with Crippen molar-refractivity contribution in [1.29, 1.82) is 0 Å². The zero-order valence-electron chi connectivity index (χ0n) is 9.63. The second-order valence-electron chi connectivity index (χ2n) is 3.93. The molecule has 0 bridgehead atoms. The van der Waals surface area contributed by atoms with Crippen LogP contribution in [0, 0.1) is 0 Å². The molecule has 0 saturated heterocycles. The fourth-order valence-electron chi connectivity index (χ4n) is 1.82. The second-order valence-corrected chi connectivity index (χ2v) is 5.62. The van der Waals surface area contributed by atoms with E-state index < -0.39 is 6.04 Å². The first kappa shape index (κ1) is 14.9. The highest BCUT2D eigenvalue weighted by Crippen LogP contribution is 2.34. The van der Waals surface area contributed by atoms with Crippen LogP contribution in [0.2, 0.25) is 20.1 Å². The van der Waals surface area contributed by atoms with Gasteiger partial charge in [0.15, 0.2) is 0 Å². The van der Waals surface area contributed by atoms with Gasteiger partial charge in [-0.25, -0.2) is 5.43 Å². The molecule has 3 N–H and O–H groups in total. The van der Waals surface area contributed by atoms with E-state index in [1.807, 2.05) is 0 Å². The van der Waals surface area contributed by atoms with Gasteiger partial charge in [0.05, 0.1) is 6.04 Å². The Morgan fingerprint density at radius 1 is 0.789 bits per heavy atom. The molecule has 0 aliphatic rings. The first-order valence-corrected chi connectivity index (χ1v) is 6.90. The number of hydrogen-bond donors (Lipinski definition) is 2. The standard InChI is InChI=1S/C13H10Cl4N2/c14-7-1-3-11(16)9(5-7)13(19-18)10-6-8(15)2-4-12(10)17/h1-6,13,19H,18H2. The third kappa shape index (κ3) is 3.34. The van der Waals surface area contributed by atoms with Crippen molar-refractivity contribution in [2.24, 2.45) is 5.84 Å². The minimum Gasteiger partial charge on any atom is -0.271 e. The van der Waals surface area contributed by atoms with E-state index in [1.165, 1.54) is 0 Å². The van der Waals surface area contributed by atoms with Gasteiger partial charge in [-0.15, -0.1) is 0 Å². The lowest BCUT2D eigenvalue weighted by molar-refractivity contribution is 0.637. The Morgan fingerprint density at radius 2 is 1.21 bits per heavy atom. The number of hydrogen-bond acceptors (Lipinski definition) is 2. The average Bonchev–Trinajstić information content (AvgIpc) is 2.38. The first-order chi connectivity index (χ1) is 9.02. The molecule has 0 amide bonds. The molecule has 6 heteroatoms. The van der Waals surface area contributed by atoms with Gasteiger partial charge in [0, 0.05) is 20.1 Å². The van der Waals surface area contributed by atoms with E-state index in [-0.39, 0.29) is 0 Å². The molecule has 100 valence electrons. The Balaban J connectivity index is 2.55. The molecular formula is C13H10Cl4N2. The van der Waals surface area contributed by atoms with E-state index in [0.717, 1.165) is 11.1 Å². The smallest absolute Gasteiger partial charge is 0.0739 e. The van der Waals surface area contributed by atoms with Gasteiger partial charge in [0.25, 0.3) is 0 Å². The third-order valence-electron chi connectivity index (χ3n) is 2.70. The maximum absolute atomic E-state index is 6.18. The van der Waals surface area contributed by atoms with Crippen LogP contribution < -0.4 is 11.3 Å². The van der Waals surface area contributed by atoms with E-state index >= 15 is 0 Å². The van der Waals surface area contributed by atoms with Gasteiger partial charge in [-0.2, -0.15) is 0 Å². The summed E-state index contributed by atoms with van der Waals surface area (Å²) in [6, 6.07) is 9.93. The van der Waals surface area contributed by atoms with E-state index in [2.05, 4.69) is 5.43 Å². The predicted molar refractivity (Wildman–Crippen MR) is 82.1 cm³/mol. The molecule has 0 saturated carbocycles. The molecule has 0 fully saturated rings. The summed E-state index contributed by atoms with van der Waals surface area (Å²) in [5.74, 6) is 5.62. The fourth-order valence-corrected chi connectivity index (χ4v) is 2.63. The van der Waals surface area contributed by atoms with Gasteiger partial charge in [0.2, 0.25) is 0 Å². The maximum Gasteiger partial charge on any atom is 0.0739 e. The lowest BCUT2D eigenvalue weighted by Gasteiger charge is -2.20. The van der Waals surface area contributed by atoms with Crippen LogP contribution in [-0.2, 0) is 0 Å². The van der Waals surface area contributed by atoms with Crippen LogP contribution in [0.1, 0.15) is 17.2 Å². The fraction of sp³-hybridized carbons (Fsp3) is 0.0769. The van der Waals surface area contributed by atoms with Gasteiger partial charge >= 0.3 is 0 Å². The minimum atomic E-state index is -0.391. The van der Waals surface area contributed by atoms with Crippen molar-refractivity contribution in [1.82, 2.24) is 5.43 Å². The quantitative estimate of drug-likeness (QED) is 0.621. The molecule has 0 unspecified atom stereocenters. The highest BCUT2D eigenvalue weighted by molar-refractivity contribution is 6.34. The Morgan fingerprint density at radius 3 is 1.58 bits per heavy atom. The molecular weight excluding hydrogens is 326 g/mol. The molecule has 19 heavy (non-hydrogen) atoms. The largest absolute Gasteiger partial charge is 0.271 e. The number of halogens is 4. The molecule has 0 heterocycles. The van der Waals surface area contributed by atoms with E-state index in [4.69, 9.17) is 52.2 Å². The van der Waals surface area contributed by atoms with Crippen molar-refractivity contribution in [2.45, 2.75) is 6.04 Å². The number of nitrogens with two attached hydrogens (primary N) is 1. The molecule has 2 rings (SSSR count). The topological polar surface area (TPSA) is 38.0 Å². The van der Waals surface area contributed by atoms with Gasteiger partial charge in [-0.3, -0.25) is 5.84 Å². The lowest BCUT2D eigenvalue weighted by atomic mass is 9.99. The molecule has 0 aliphatic carbocycles. The predicted octanol–water partition coefficient (Wildman–Crippen LogP) is 4.85. The van der Waals surface area contributed by atoms with Crippen LogP contribution in [-0.4, -0.2) is 0 Å². The number of rotatable bonds is 3. The van der Waals surface area contributed by atoms with Crippen molar-refractivity contribution >= 4 is 46.4 Å². The zero-order chi connectivity index (χ0) is 14.0. The Labute approximate surface area is 131 Å². The molecule has 0 spiro atoms. The number of nitrogens with one attached hydrogen (secondary N) is 1. The lowest BCUT2D eigenvalue weighted by Crippen LogP contribution is -2.29. The van der Waals surface area contributed by atoms with Gasteiger partial charge in [-0.05, 0) is 47.5 Å². The molecule has 0 radical (unpaired) electrons. The Bertz CT molecular complexity index is 550. The highest BCUT2D eigenvalue weighted by atomic mass is 35.5. The Hall–Kier alpha value is -0.480. The van der Waals surface area contributed by atoms with Gasteiger partial charge in [-0.1, -0.05) is 46.4 Å². The summed E-state index contributed by atoms with van der Waals surface area (Å²) in [5.41, 5.74) is 4.16. The molecule has 2 aromatic rings. The monoisotopic (exact) mass is 334 g/mol.